The molecule has 2 amide bonds. The Bertz CT molecular complexity index is 899. The van der Waals surface area contributed by atoms with Crippen LogP contribution < -0.4 is 9.47 Å². The van der Waals surface area contributed by atoms with Crippen LogP contribution in [-0.4, -0.2) is 36.8 Å². The van der Waals surface area contributed by atoms with Gasteiger partial charge in [0.15, 0.2) is 11.5 Å². The number of hydrogen-bond acceptors (Lipinski definition) is 5. The van der Waals surface area contributed by atoms with E-state index in [1.165, 1.54) is 13.3 Å². The van der Waals surface area contributed by atoms with E-state index >= 15 is 0 Å². The summed E-state index contributed by atoms with van der Waals surface area (Å²) in [6.45, 7) is 3.88. The van der Waals surface area contributed by atoms with Crippen LogP contribution in [0, 0.1) is 23.7 Å². The first-order valence-electron chi connectivity index (χ1n) is 8.87. The standard InChI is InChI=1S/C20H18BrClN2O4/c1-3-6-28-18-13(27-2)8-12(16(21)17(18)22)9-23-24-19(25)14-10-4-5-11(7-10)15(14)20(24)26/h3-5,8-11,14-15H,1,6-7H2,2H3. The zero-order chi connectivity index (χ0) is 20.0. The SMILES string of the molecule is C=CCOc1c(OC)cc(C=NN2C(=O)C3C4C=CC(C4)C3C2=O)c(Br)c1Cl. The smallest absolute Gasteiger partial charge is 0.254 e. The minimum atomic E-state index is -0.282. The average molecular weight is 466 g/mol. The van der Waals surface area contributed by atoms with Crippen molar-refractivity contribution in [3.8, 4) is 11.5 Å². The largest absolute Gasteiger partial charge is 0.493 e. The fourth-order valence-electron chi connectivity index (χ4n) is 4.25. The molecule has 8 heteroatoms. The molecule has 1 aromatic carbocycles. The molecule has 2 aliphatic carbocycles. The van der Waals surface area contributed by atoms with Crippen LogP contribution in [0.5, 0.6) is 11.5 Å². The van der Waals surface area contributed by atoms with Gasteiger partial charge in [0.1, 0.15) is 11.6 Å². The number of carbonyl (C=O) groups excluding carboxylic acids is 2. The lowest BCUT2D eigenvalue weighted by atomic mass is 9.85. The fourth-order valence-corrected chi connectivity index (χ4v) is 4.90. The molecule has 2 bridgehead atoms. The molecule has 4 rings (SSSR count). The van der Waals surface area contributed by atoms with E-state index in [1.807, 2.05) is 12.2 Å². The van der Waals surface area contributed by atoms with Gasteiger partial charge >= 0.3 is 0 Å². The maximum absolute atomic E-state index is 12.7. The molecule has 1 saturated carbocycles. The lowest BCUT2D eigenvalue weighted by Gasteiger charge is -2.15. The van der Waals surface area contributed by atoms with Gasteiger partial charge in [-0.15, -0.1) is 0 Å². The van der Waals surface area contributed by atoms with Gasteiger partial charge in [-0.25, -0.2) is 0 Å². The molecular formula is C20H18BrClN2O4. The minimum Gasteiger partial charge on any atom is -0.493 e. The number of nitrogens with zero attached hydrogens (tertiary/aromatic N) is 2. The Morgan fingerprint density at radius 2 is 1.96 bits per heavy atom. The second-order valence-electron chi connectivity index (χ2n) is 6.96. The van der Waals surface area contributed by atoms with Gasteiger partial charge in [-0.1, -0.05) is 36.4 Å². The molecule has 0 spiro atoms. The average Bonchev–Trinajstić information content (AvgIpc) is 3.37. The first kappa shape index (κ1) is 19.2. The number of benzene rings is 1. The molecule has 2 fully saturated rings. The number of ether oxygens (including phenoxy) is 2. The highest BCUT2D eigenvalue weighted by molar-refractivity contribution is 9.10. The Hall–Kier alpha value is -2.12. The Morgan fingerprint density at radius 3 is 2.54 bits per heavy atom. The summed E-state index contributed by atoms with van der Waals surface area (Å²) in [6, 6.07) is 1.68. The van der Waals surface area contributed by atoms with E-state index in [9.17, 15) is 9.59 Å². The number of rotatable bonds is 6. The monoisotopic (exact) mass is 464 g/mol. The van der Waals surface area contributed by atoms with Gasteiger partial charge in [0.05, 0.1) is 25.2 Å². The number of fused-ring (bicyclic) bond motifs is 5. The maximum atomic E-state index is 12.7. The summed E-state index contributed by atoms with van der Waals surface area (Å²) in [7, 11) is 1.50. The van der Waals surface area contributed by atoms with Crippen molar-refractivity contribution in [2.45, 2.75) is 6.42 Å². The summed E-state index contributed by atoms with van der Waals surface area (Å²) in [5.41, 5.74) is 0.562. The van der Waals surface area contributed by atoms with Gasteiger partial charge in [-0.3, -0.25) is 9.59 Å². The molecule has 146 valence electrons. The van der Waals surface area contributed by atoms with Crippen LogP contribution >= 0.6 is 27.5 Å². The van der Waals surface area contributed by atoms with Crippen molar-refractivity contribution in [3.05, 3.63) is 45.9 Å². The van der Waals surface area contributed by atoms with E-state index in [0.717, 1.165) is 11.4 Å². The van der Waals surface area contributed by atoms with Crippen LogP contribution in [0.2, 0.25) is 5.02 Å². The van der Waals surface area contributed by atoms with Gasteiger partial charge in [-0.05, 0) is 40.3 Å². The van der Waals surface area contributed by atoms with Gasteiger partial charge < -0.3 is 9.47 Å². The van der Waals surface area contributed by atoms with Crippen molar-refractivity contribution in [2.24, 2.45) is 28.8 Å². The van der Waals surface area contributed by atoms with Crippen LogP contribution in [0.4, 0.5) is 0 Å². The Labute approximate surface area is 175 Å². The van der Waals surface area contributed by atoms with Crippen LogP contribution in [0.25, 0.3) is 0 Å². The summed E-state index contributed by atoms with van der Waals surface area (Å²) in [5, 5.41) is 5.49. The summed E-state index contributed by atoms with van der Waals surface area (Å²) >= 11 is 9.81. The van der Waals surface area contributed by atoms with Crippen molar-refractivity contribution in [1.82, 2.24) is 5.01 Å². The van der Waals surface area contributed by atoms with Gasteiger partial charge in [0.2, 0.25) is 0 Å². The van der Waals surface area contributed by atoms with Crippen molar-refractivity contribution < 1.29 is 19.1 Å². The predicted octanol–water partition coefficient (Wildman–Crippen LogP) is 3.82. The van der Waals surface area contributed by atoms with Gasteiger partial charge in [0.25, 0.3) is 11.8 Å². The minimum absolute atomic E-state index is 0.147. The molecule has 1 aliphatic heterocycles. The number of hydrazone groups is 1. The highest BCUT2D eigenvalue weighted by Gasteiger charge is 2.59. The molecule has 4 atom stereocenters. The van der Waals surface area contributed by atoms with Crippen molar-refractivity contribution in [3.63, 3.8) is 0 Å². The van der Waals surface area contributed by atoms with E-state index in [4.69, 9.17) is 21.1 Å². The predicted molar refractivity (Wildman–Crippen MR) is 109 cm³/mol. The maximum Gasteiger partial charge on any atom is 0.254 e. The van der Waals surface area contributed by atoms with E-state index in [2.05, 4.69) is 27.6 Å². The summed E-state index contributed by atoms with van der Waals surface area (Å²) in [4.78, 5) is 25.4. The number of hydrogen-bond donors (Lipinski definition) is 0. The highest BCUT2D eigenvalue weighted by atomic mass is 79.9. The highest BCUT2D eigenvalue weighted by Crippen LogP contribution is 2.52. The molecule has 0 aromatic heterocycles. The Morgan fingerprint density at radius 1 is 1.32 bits per heavy atom. The molecule has 0 radical (unpaired) electrons. The van der Waals surface area contributed by atoms with Gasteiger partial charge in [-0.2, -0.15) is 10.1 Å². The third kappa shape index (κ3) is 2.88. The number of allylic oxidation sites excluding steroid dienone is 2. The van der Waals surface area contributed by atoms with Crippen LogP contribution in [0.15, 0.2) is 40.4 Å². The Balaban J connectivity index is 1.62. The third-order valence-corrected chi connectivity index (χ3v) is 6.92. The number of halogens is 2. The topological polar surface area (TPSA) is 68.2 Å². The molecule has 0 N–H and O–H groups in total. The van der Waals surface area contributed by atoms with Crippen molar-refractivity contribution in [2.75, 3.05) is 13.7 Å². The first-order chi connectivity index (χ1) is 13.5. The number of carbonyl (C=O) groups is 2. The molecule has 4 unspecified atom stereocenters. The molecule has 3 aliphatic rings. The summed E-state index contributed by atoms with van der Waals surface area (Å²) in [5.74, 6) is 0.0509. The number of methoxy groups -OCH3 is 1. The van der Waals surface area contributed by atoms with E-state index in [1.54, 1.807) is 12.1 Å². The van der Waals surface area contributed by atoms with Crippen molar-refractivity contribution in [1.29, 1.82) is 0 Å². The van der Waals surface area contributed by atoms with E-state index in [0.29, 0.717) is 26.6 Å². The third-order valence-electron chi connectivity index (χ3n) is 5.48. The van der Waals surface area contributed by atoms with E-state index in [-0.39, 0.29) is 42.1 Å². The normalized spacial score (nSPS) is 27.8. The van der Waals surface area contributed by atoms with Gasteiger partial charge in [0, 0.05) is 10.0 Å². The molecule has 6 nitrogen and oxygen atoms in total. The molecule has 1 aromatic rings. The molecular weight excluding hydrogens is 448 g/mol. The second-order valence-corrected chi connectivity index (χ2v) is 8.13. The van der Waals surface area contributed by atoms with Crippen LogP contribution in [0.1, 0.15) is 12.0 Å². The van der Waals surface area contributed by atoms with Crippen molar-refractivity contribution >= 4 is 45.6 Å². The lowest BCUT2D eigenvalue weighted by molar-refractivity contribution is -0.140. The fraction of sp³-hybridized carbons (Fsp3) is 0.350. The molecule has 1 saturated heterocycles. The summed E-state index contributed by atoms with van der Waals surface area (Å²) in [6.07, 6.45) is 8.01. The molecule has 1 heterocycles. The van der Waals surface area contributed by atoms with Crippen LogP contribution in [0.3, 0.4) is 0 Å². The number of amides is 2. The summed E-state index contributed by atoms with van der Waals surface area (Å²) < 4.78 is 11.4. The Kier molecular flexibility index (Phi) is 5.05. The first-order valence-corrected chi connectivity index (χ1v) is 10.0. The zero-order valence-corrected chi connectivity index (χ0v) is 17.4. The second kappa shape index (κ2) is 7.37. The quantitative estimate of drug-likeness (QED) is 0.364. The molecule has 28 heavy (non-hydrogen) atoms. The lowest BCUT2D eigenvalue weighted by Crippen LogP contribution is -2.28. The van der Waals surface area contributed by atoms with Crippen LogP contribution in [-0.2, 0) is 9.59 Å². The van der Waals surface area contributed by atoms with E-state index < -0.39 is 0 Å². The zero-order valence-electron chi connectivity index (χ0n) is 15.1. The number of imide groups is 1.